The van der Waals surface area contributed by atoms with E-state index in [9.17, 15) is 0 Å². The summed E-state index contributed by atoms with van der Waals surface area (Å²) >= 11 is 0. The van der Waals surface area contributed by atoms with Gasteiger partial charge in [0.2, 0.25) is 5.78 Å². The van der Waals surface area contributed by atoms with Crippen molar-refractivity contribution in [3.63, 3.8) is 0 Å². The molecule has 3 aromatic rings. The van der Waals surface area contributed by atoms with Crippen molar-refractivity contribution in [2.24, 2.45) is 0 Å². The van der Waals surface area contributed by atoms with Gasteiger partial charge in [-0.15, -0.1) is 0 Å². The molecule has 2 saturated heterocycles. The molecule has 28 heavy (non-hydrogen) atoms. The third kappa shape index (κ3) is 3.32. The van der Waals surface area contributed by atoms with Gasteiger partial charge in [0, 0.05) is 49.7 Å². The van der Waals surface area contributed by atoms with Gasteiger partial charge in [-0.05, 0) is 17.5 Å². The maximum atomic E-state index is 5.70. The van der Waals surface area contributed by atoms with Crippen molar-refractivity contribution in [1.82, 2.24) is 24.6 Å². The quantitative estimate of drug-likeness (QED) is 0.758. The Hall–Kier alpha value is -2.28. The largest absolute Gasteiger partial charge is 0.378 e. The summed E-state index contributed by atoms with van der Waals surface area (Å²) in [5.74, 6) is 1.29. The molecule has 5 rings (SSSR count). The number of hydrogen-bond acceptors (Lipinski definition) is 5. The number of hydrogen-bond donors (Lipinski definition) is 1. The summed E-state index contributed by atoms with van der Waals surface area (Å²) in [6, 6.07) is 11.6. The van der Waals surface area contributed by atoms with Crippen LogP contribution in [0.15, 0.2) is 42.7 Å². The molecule has 0 spiro atoms. The first-order valence-electron chi connectivity index (χ1n) is 10.2. The van der Waals surface area contributed by atoms with Gasteiger partial charge in [-0.1, -0.05) is 38.1 Å². The monoisotopic (exact) mass is 377 g/mol. The van der Waals surface area contributed by atoms with Gasteiger partial charge in [0.1, 0.15) is 0 Å². The fourth-order valence-corrected chi connectivity index (χ4v) is 4.37. The van der Waals surface area contributed by atoms with E-state index in [1.165, 1.54) is 11.3 Å². The second-order valence-electron chi connectivity index (χ2n) is 8.27. The number of rotatable bonds is 4. The van der Waals surface area contributed by atoms with E-state index in [2.05, 4.69) is 63.9 Å². The molecule has 2 aliphatic rings. The highest BCUT2D eigenvalue weighted by Gasteiger charge is 2.31. The molecule has 2 fully saturated rings. The molecular formula is C22H27N5O. The number of morpholine rings is 1. The summed E-state index contributed by atoms with van der Waals surface area (Å²) in [7, 11) is 0. The Balaban J connectivity index is 1.51. The van der Waals surface area contributed by atoms with Crippen LogP contribution >= 0.6 is 0 Å². The Bertz CT molecular complexity index is 953. The average molecular weight is 377 g/mol. The molecule has 0 amide bonds. The van der Waals surface area contributed by atoms with Crippen LogP contribution in [0.2, 0.25) is 0 Å². The van der Waals surface area contributed by atoms with Crippen molar-refractivity contribution in [3.8, 4) is 11.3 Å². The second-order valence-corrected chi connectivity index (χ2v) is 8.27. The first-order chi connectivity index (χ1) is 13.7. The van der Waals surface area contributed by atoms with E-state index in [0.29, 0.717) is 18.0 Å². The Morgan fingerprint density at radius 1 is 1.14 bits per heavy atom. The van der Waals surface area contributed by atoms with Crippen LogP contribution in [0.1, 0.15) is 31.0 Å². The van der Waals surface area contributed by atoms with Gasteiger partial charge in [0.15, 0.2) is 0 Å². The molecule has 2 atom stereocenters. The lowest BCUT2D eigenvalue weighted by Gasteiger charge is -2.42. The SMILES string of the molecule is CC(C)c1ccc(-c2nc3ncccn3c2CN2CC3COCC(C2)N3)cc1. The molecule has 4 heterocycles. The Kier molecular flexibility index (Phi) is 4.62. The third-order valence-electron chi connectivity index (χ3n) is 5.79. The molecule has 2 aliphatic heterocycles. The number of nitrogens with one attached hydrogen (secondary N) is 1. The van der Waals surface area contributed by atoms with E-state index < -0.39 is 0 Å². The minimum atomic E-state index is 0.415. The van der Waals surface area contributed by atoms with Crippen molar-refractivity contribution < 1.29 is 4.74 Å². The number of fused-ring (bicyclic) bond motifs is 3. The van der Waals surface area contributed by atoms with Crippen molar-refractivity contribution in [1.29, 1.82) is 0 Å². The normalized spacial score (nSPS) is 22.8. The van der Waals surface area contributed by atoms with Crippen LogP contribution in [-0.4, -0.2) is 57.7 Å². The van der Waals surface area contributed by atoms with Crippen molar-refractivity contribution in [3.05, 3.63) is 54.0 Å². The number of piperazine rings is 1. The number of imidazole rings is 1. The first kappa shape index (κ1) is 17.8. The number of benzene rings is 1. The van der Waals surface area contributed by atoms with Gasteiger partial charge in [0.25, 0.3) is 0 Å². The molecule has 6 heteroatoms. The molecule has 1 N–H and O–H groups in total. The zero-order valence-corrected chi connectivity index (χ0v) is 16.5. The minimum absolute atomic E-state index is 0.415. The maximum absolute atomic E-state index is 5.70. The zero-order valence-electron chi connectivity index (χ0n) is 16.5. The Morgan fingerprint density at radius 2 is 1.89 bits per heavy atom. The molecule has 6 nitrogen and oxygen atoms in total. The summed E-state index contributed by atoms with van der Waals surface area (Å²) < 4.78 is 7.84. The molecule has 0 radical (unpaired) electrons. The number of aromatic nitrogens is 3. The van der Waals surface area contributed by atoms with Crippen molar-refractivity contribution in [2.45, 2.75) is 38.4 Å². The summed E-state index contributed by atoms with van der Waals surface area (Å²) in [5.41, 5.74) is 4.75. The zero-order chi connectivity index (χ0) is 19.1. The van der Waals surface area contributed by atoms with Crippen molar-refractivity contribution >= 4 is 5.78 Å². The lowest BCUT2D eigenvalue weighted by Crippen LogP contribution is -2.62. The van der Waals surface area contributed by atoms with Gasteiger partial charge in [0.05, 0.1) is 24.6 Å². The van der Waals surface area contributed by atoms with Crippen LogP contribution in [0.5, 0.6) is 0 Å². The predicted octanol–water partition coefficient (Wildman–Crippen LogP) is 2.69. The third-order valence-corrected chi connectivity index (χ3v) is 5.79. The highest BCUT2D eigenvalue weighted by atomic mass is 16.5. The second kappa shape index (κ2) is 7.28. The standard InChI is InChI=1S/C22H27N5O/c1-15(2)16-4-6-17(7-5-16)21-20(27-9-3-8-23-22(27)25-21)12-26-10-18-13-28-14-19(11-26)24-18/h3-9,15,18-19,24H,10-14H2,1-2H3. The molecule has 0 aliphatic carbocycles. The van der Waals surface area contributed by atoms with E-state index in [1.54, 1.807) is 0 Å². The number of ether oxygens (including phenoxy) is 1. The van der Waals surface area contributed by atoms with Crippen LogP contribution in [0.4, 0.5) is 0 Å². The van der Waals surface area contributed by atoms with E-state index >= 15 is 0 Å². The summed E-state index contributed by atoms with van der Waals surface area (Å²) in [5, 5.41) is 3.66. The highest BCUT2D eigenvalue weighted by molar-refractivity contribution is 5.65. The minimum Gasteiger partial charge on any atom is -0.378 e. The first-order valence-corrected chi connectivity index (χ1v) is 10.2. The van der Waals surface area contributed by atoms with E-state index in [-0.39, 0.29) is 0 Å². The fourth-order valence-electron chi connectivity index (χ4n) is 4.37. The topological polar surface area (TPSA) is 54.7 Å². The highest BCUT2D eigenvalue weighted by Crippen LogP contribution is 2.27. The van der Waals surface area contributed by atoms with Crippen molar-refractivity contribution in [2.75, 3.05) is 26.3 Å². The van der Waals surface area contributed by atoms with Gasteiger partial charge in [-0.25, -0.2) is 9.97 Å². The fraction of sp³-hybridized carbons (Fsp3) is 0.455. The van der Waals surface area contributed by atoms with Crippen LogP contribution in [0, 0.1) is 0 Å². The summed E-state index contributed by atoms with van der Waals surface area (Å²) in [6.07, 6.45) is 3.88. The average Bonchev–Trinajstić information content (AvgIpc) is 3.06. The lowest BCUT2D eigenvalue weighted by atomic mass is 10.00. The molecule has 2 aromatic heterocycles. The molecule has 2 bridgehead atoms. The van der Waals surface area contributed by atoms with E-state index in [1.807, 2.05) is 12.3 Å². The van der Waals surface area contributed by atoms with Gasteiger partial charge in [-0.3, -0.25) is 9.30 Å². The van der Waals surface area contributed by atoms with Gasteiger partial charge in [-0.2, -0.15) is 0 Å². The van der Waals surface area contributed by atoms with Crippen LogP contribution in [0.3, 0.4) is 0 Å². The summed E-state index contributed by atoms with van der Waals surface area (Å²) in [4.78, 5) is 11.9. The van der Waals surface area contributed by atoms with Gasteiger partial charge < -0.3 is 10.1 Å². The smallest absolute Gasteiger partial charge is 0.234 e. The summed E-state index contributed by atoms with van der Waals surface area (Å²) in [6.45, 7) is 8.89. The van der Waals surface area contributed by atoms with Crippen LogP contribution in [0.25, 0.3) is 17.0 Å². The lowest BCUT2D eigenvalue weighted by molar-refractivity contribution is -0.00900. The Morgan fingerprint density at radius 3 is 2.61 bits per heavy atom. The van der Waals surface area contributed by atoms with Crippen LogP contribution in [-0.2, 0) is 11.3 Å². The molecule has 1 aromatic carbocycles. The van der Waals surface area contributed by atoms with Gasteiger partial charge >= 0.3 is 0 Å². The van der Waals surface area contributed by atoms with Crippen LogP contribution < -0.4 is 5.32 Å². The Labute approximate surface area is 165 Å². The van der Waals surface area contributed by atoms with E-state index in [0.717, 1.165) is 49.9 Å². The predicted molar refractivity (Wildman–Crippen MR) is 109 cm³/mol. The molecule has 0 saturated carbocycles. The maximum Gasteiger partial charge on any atom is 0.234 e. The molecule has 146 valence electrons. The number of nitrogens with zero attached hydrogens (tertiary/aromatic N) is 4. The molecule has 2 unspecified atom stereocenters. The molecular weight excluding hydrogens is 350 g/mol. The van der Waals surface area contributed by atoms with E-state index in [4.69, 9.17) is 9.72 Å².